The van der Waals surface area contributed by atoms with E-state index in [1.807, 2.05) is 18.2 Å². The fraction of sp³-hybridized carbons (Fsp3) is 0.600. The Hall–Kier alpha value is -0.640. The SMILES string of the molecule is OCCC=CC=C(CCO)CCO. The maximum Gasteiger partial charge on any atom is 0.0468 e. The van der Waals surface area contributed by atoms with Gasteiger partial charge in [-0.3, -0.25) is 0 Å². The van der Waals surface area contributed by atoms with E-state index in [0.717, 1.165) is 5.57 Å². The van der Waals surface area contributed by atoms with Crippen molar-refractivity contribution in [2.75, 3.05) is 19.8 Å². The molecule has 76 valence electrons. The Morgan fingerprint density at radius 1 is 0.923 bits per heavy atom. The van der Waals surface area contributed by atoms with Crippen molar-refractivity contribution in [1.82, 2.24) is 0 Å². The monoisotopic (exact) mass is 186 g/mol. The van der Waals surface area contributed by atoms with E-state index in [2.05, 4.69) is 0 Å². The molecule has 0 aliphatic rings. The molecule has 3 heteroatoms. The molecule has 13 heavy (non-hydrogen) atoms. The van der Waals surface area contributed by atoms with E-state index in [1.165, 1.54) is 0 Å². The quantitative estimate of drug-likeness (QED) is 0.511. The van der Waals surface area contributed by atoms with Crippen molar-refractivity contribution < 1.29 is 15.3 Å². The topological polar surface area (TPSA) is 60.7 Å². The van der Waals surface area contributed by atoms with Gasteiger partial charge < -0.3 is 15.3 Å². The summed E-state index contributed by atoms with van der Waals surface area (Å²) in [5.41, 5.74) is 1.03. The molecule has 0 bridgehead atoms. The largest absolute Gasteiger partial charge is 0.396 e. The number of hydrogen-bond acceptors (Lipinski definition) is 3. The molecule has 0 aromatic rings. The number of rotatable bonds is 7. The lowest BCUT2D eigenvalue weighted by molar-refractivity contribution is 0.280. The van der Waals surface area contributed by atoms with Gasteiger partial charge in [-0.25, -0.2) is 0 Å². The van der Waals surface area contributed by atoms with Gasteiger partial charge >= 0.3 is 0 Å². The van der Waals surface area contributed by atoms with Gasteiger partial charge in [-0.2, -0.15) is 0 Å². The average molecular weight is 186 g/mol. The number of allylic oxidation sites excluding steroid dienone is 2. The molecule has 0 unspecified atom stereocenters. The highest BCUT2D eigenvalue weighted by molar-refractivity contribution is 5.12. The maximum atomic E-state index is 8.68. The third-order valence-corrected chi connectivity index (χ3v) is 1.63. The fourth-order valence-electron chi connectivity index (χ4n) is 0.954. The van der Waals surface area contributed by atoms with E-state index in [1.54, 1.807) is 0 Å². The standard InChI is InChI=1S/C10H18O3/c11-7-3-1-2-4-10(5-8-12)6-9-13/h1-2,4,11-13H,3,5-9H2. The van der Waals surface area contributed by atoms with Crippen LogP contribution in [0.1, 0.15) is 19.3 Å². The van der Waals surface area contributed by atoms with E-state index < -0.39 is 0 Å². The van der Waals surface area contributed by atoms with Crippen molar-refractivity contribution in [3.8, 4) is 0 Å². The Kier molecular flexibility index (Phi) is 8.98. The van der Waals surface area contributed by atoms with Gasteiger partial charge in [0.05, 0.1) is 0 Å². The van der Waals surface area contributed by atoms with Crippen molar-refractivity contribution >= 4 is 0 Å². The van der Waals surface area contributed by atoms with Gasteiger partial charge in [0.15, 0.2) is 0 Å². The van der Waals surface area contributed by atoms with Gasteiger partial charge in [0.1, 0.15) is 0 Å². The van der Waals surface area contributed by atoms with Crippen molar-refractivity contribution in [1.29, 1.82) is 0 Å². The van der Waals surface area contributed by atoms with Crippen LogP contribution < -0.4 is 0 Å². The molecule has 0 saturated heterocycles. The molecule has 0 spiro atoms. The summed E-state index contributed by atoms with van der Waals surface area (Å²) in [4.78, 5) is 0. The summed E-state index contributed by atoms with van der Waals surface area (Å²) in [6.45, 7) is 0.374. The van der Waals surface area contributed by atoms with E-state index in [4.69, 9.17) is 15.3 Å². The lowest BCUT2D eigenvalue weighted by Crippen LogP contribution is -1.92. The fourth-order valence-corrected chi connectivity index (χ4v) is 0.954. The summed E-state index contributed by atoms with van der Waals surface area (Å²) in [7, 11) is 0. The van der Waals surface area contributed by atoms with Gasteiger partial charge in [0, 0.05) is 19.8 Å². The first kappa shape index (κ1) is 12.4. The summed E-state index contributed by atoms with van der Waals surface area (Å²) in [6, 6.07) is 0. The van der Waals surface area contributed by atoms with Crippen molar-refractivity contribution in [3.05, 3.63) is 23.8 Å². The van der Waals surface area contributed by atoms with E-state index >= 15 is 0 Å². The molecular weight excluding hydrogens is 168 g/mol. The molecule has 0 aromatic carbocycles. The Labute approximate surface area is 79.0 Å². The smallest absolute Gasteiger partial charge is 0.0468 e. The predicted molar refractivity (Wildman–Crippen MR) is 52.3 cm³/mol. The van der Waals surface area contributed by atoms with Gasteiger partial charge in [0.2, 0.25) is 0 Å². The van der Waals surface area contributed by atoms with Gasteiger partial charge in [-0.15, -0.1) is 0 Å². The zero-order valence-electron chi connectivity index (χ0n) is 7.82. The van der Waals surface area contributed by atoms with Gasteiger partial charge in [-0.05, 0) is 19.3 Å². The van der Waals surface area contributed by atoms with Crippen LogP contribution in [0.25, 0.3) is 0 Å². The predicted octanol–water partition coefficient (Wildman–Crippen LogP) is 0.616. The third kappa shape index (κ3) is 7.71. The first-order valence-electron chi connectivity index (χ1n) is 4.52. The second kappa shape index (κ2) is 9.45. The summed E-state index contributed by atoms with van der Waals surface area (Å²) < 4.78 is 0. The third-order valence-electron chi connectivity index (χ3n) is 1.63. The molecule has 0 aliphatic carbocycles. The Morgan fingerprint density at radius 3 is 2.00 bits per heavy atom. The molecule has 0 fully saturated rings. The van der Waals surface area contributed by atoms with Crippen LogP contribution in [0.4, 0.5) is 0 Å². The molecule has 0 amide bonds. The minimum Gasteiger partial charge on any atom is -0.396 e. The molecule has 3 N–H and O–H groups in total. The lowest BCUT2D eigenvalue weighted by Gasteiger charge is -2.00. The normalized spacial score (nSPS) is 10.7. The lowest BCUT2D eigenvalue weighted by atomic mass is 10.1. The molecule has 0 aliphatic heterocycles. The number of hydrogen-bond donors (Lipinski definition) is 3. The molecule has 0 saturated carbocycles. The molecule has 3 nitrogen and oxygen atoms in total. The van der Waals surface area contributed by atoms with E-state index in [-0.39, 0.29) is 19.8 Å². The minimum absolute atomic E-state index is 0.111. The Balaban J connectivity index is 3.86. The van der Waals surface area contributed by atoms with Crippen molar-refractivity contribution in [3.63, 3.8) is 0 Å². The van der Waals surface area contributed by atoms with Gasteiger partial charge in [0.25, 0.3) is 0 Å². The summed E-state index contributed by atoms with van der Waals surface area (Å²) in [5.74, 6) is 0. The van der Waals surface area contributed by atoms with E-state index in [0.29, 0.717) is 19.3 Å². The molecule has 0 heterocycles. The highest BCUT2D eigenvalue weighted by atomic mass is 16.3. The molecular formula is C10H18O3. The second-order valence-electron chi connectivity index (χ2n) is 2.71. The average Bonchev–Trinajstić information content (AvgIpc) is 2.13. The second-order valence-corrected chi connectivity index (χ2v) is 2.71. The van der Waals surface area contributed by atoms with E-state index in [9.17, 15) is 0 Å². The molecule has 0 atom stereocenters. The van der Waals surface area contributed by atoms with Crippen LogP contribution in [0.5, 0.6) is 0 Å². The van der Waals surface area contributed by atoms with Crippen LogP contribution in [-0.4, -0.2) is 35.1 Å². The zero-order chi connectivity index (χ0) is 9.94. The molecule has 0 radical (unpaired) electrons. The van der Waals surface area contributed by atoms with Gasteiger partial charge in [-0.1, -0.05) is 23.8 Å². The number of aliphatic hydroxyl groups excluding tert-OH is 3. The highest BCUT2D eigenvalue weighted by Gasteiger charge is 1.93. The van der Waals surface area contributed by atoms with Crippen LogP contribution in [-0.2, 0) is 0 Å². The van der Waals surface area contributed by atoms with Crippen molar-refractivity contribution in [2.24, 2.45) is 0 Å². The summed E-state index contributed by atoms with van der Waals surface area (Å²) in [5, 5.41) is 25.8. The summed E-state index contributed by atoms with van der Waals surface area (Å²) >= 11 is 0. The zero-order valence-corrected chi connectivity index (χ0v) is 7.82. The van der Waals surface area contributed by atoms with Crippen LogP contribution >= 0.6 is 0 Å². The first-order valence-corrected chi connectivity index (χ1v) is 4.52. The van der Waals surface area contributed by atoms with Crippen LogP contribution in [0, 0.1) is 0 Å². The Bertz CT molecular complexity index is 154. The minimum atomic E-state index is 0.111. The molecule has 0 rings (SSSR count). The Morgan fingerprint density at radius 2 is 1.54 bits per heavy atom. The number of aliphatic hydroxyl groups is 3. The first-order chi connectivity index (χ1) is 6.35. The van der Waals surface area contributed by atoms with Crippen LogP contribution in [0.15, 0.2) is 23.8 Å². The van der Waals surface area contributed by atoms with Crippen molar-refractivity contribution in [2.45, 2.75) is 19.3 Å². The van der Waals surface area contributed by atoms with Crippen LogP contribution in [0.2, 0.25) is 0 Å². The summed E-state index contributed by atoms with van der Waals surface area (Å²) in [6.07, 6.45) is 7.42. The molecule has 0 aromatic heterocycles. The maximum absolute atomic E-state index is 8.68. The van der Waals surface area contributed by atoms with Crippen LogP contribution in [0.3, 0.4) is 0 Å². The highest BCUT2D eigenvalue weighted by Crippen LogP contribution is 2.05.